The van der Waals surface area contributed by atoms with Gasteiger partial charge in [0.15, 0.2) is 0 Å². The van der Waals surface area contributed by atoms with Crippen molar-refractivity contribution in [2.45, 2.75) is 37.4 Å². The summed E-state index contributed by atoms with van der Waals surface area (Å²) in [6.45, 7) is 10.7. The number of nitrogens with zero attached hydrogens (tertiary/aromatic N) is 3. The van der Waals surface area contributed by atoms with Gasteiger partial charge < -0.3 is 10.1 Å². The molecule has 0 saturated carbocycles. The highest BCUT2D eigenvalue weighted by atomic mass is 32.2. The lowest BCUT2D eigenvalue weighted by molar-refractivity contribution is -0.00570. The van der Waals surface area contributed by atoms with E-state index < -0.39 is 0 Å². The molecule has 33 heavy (non-hydrogen) atoms. The number of ether oxygens (including phenoxy) is 1. The number of anilines is 1. The van der Waals surface area contributed by atoms with Gasteiger partial charge in [0.05, 0.1) is 13.2 Å². The van der Waals surface area contributed by atoms with E-state index in [2.05, 4.69) is 101 Å². The lowest BCUT2D eigenvalue weighted by atomic mass is 10.0. The minimum Gasteiger partial charge on any atom is -0.379 e. The van der Waals surface area contributed by atoms with Crippen LogP contribution in [0, 0.1) is 0 Å². The normalized spacial score (nSPS) is 15.0. The molecule has 0 aliphatic carbocycles. The summed E-state index contributed by atoms with van der Waals surface area (Å²) in [5, 5.41) is 3.53. The first kappa shape index (κ1) is 23.8. The SMILES string of the molecule is CC(C)(CNc1ccc(SN(Cc2ccccc2)Cc2ccccc2)cn1)N1CCOCC1. The van der Waals surface area contributed by atoms with E-state index in [1.165, 1.54) is 11.1 Å². The second kappa shape index (κ2) is 11.7. The zero-order valence-corrected chi connectivity index (χ0v) is 20.4. The van der Waals surface area contributed by atoms with Gasteiger partial charge in [-0.2, -0.15) is 0 Å². The number of pyridine rings is 1. The van der Waals surface area contributed by atoms with Crippen LogP contribution in [0.4, 0.5) is 5.82 Å². The van der Waals surface area contributed by atoms with Gasteiger partial charge in [-0.1, -0.05) is 60.7 Å². The van der Waals surface area contributed by atoms with Gasteiger partial charge in [-0.3, -0.25) is 4.90 Å². The zero-order chi connectivity index (χ0) is 22.9. The van der Waals surface area contributed by atoms with Gasteiger partial charge in [-0.25, -0.2) is 9.29 Å². The number of hydrogen-bond donors (Lipinski definition) is 1. The van der Waals surface area contributed by atoms with E-state index in [4.69, 9.17) is 9.72 Å². The summed E-state index contributed by atoms with van der Waals surface area (Å²) in [4.78, 5) is 8.32. The largest absolute Gasteiger partial charge is 0.379 e. The Hall–Kier alpha value is -2.38. The second-order valence-corrected chi connectivity index (χ2v) is 10.2. The molecule has 0 amide bonds. The summed E-state index contributed by atoms with van der Waals surface area (Å²) in [5.74, 6) is 0.915. The Morgan fingerprint density at radius 3 is 2.06 bits per heavy atom. The maximum atomic E-state index is 5.50. The van der Waals surface area contributed by atoms with Gasteiger partial charge in [-0.05, 0) is 49.1 Å². The first-order chi connectivity index (χ1) is 16.1. The highest BCUT2D eigenvalue weighted by Crippen LogP contribution is 2.27. The monoisotopic (exact) mass is 462 g/mol. The number of hydrogen-bond acceptors (Lipinski definition) is 6. The number of nitrogens with one attached hydrogen (secondary N) is 1. The Bertz CT molecular complexity index is 919. The third-order valence-electron chi connectivity index (χ3n) is 5.94. The van der Waals surface area contributed by atoms with E-state index in [1.54, 1.807) is 11.9 Å². The summed E-state index contributed by atoms with van der Waals surface area (Å²) in [6.07, 6.45) is 1.97. The van der Waals surface area contributed by atoms with Crippen LogP contribution in [-0.2, 0) is 17.8 Å². The van der Waals surface area contributed by atoms with Crippen LogP contribution in [0.3, 0.4) is 0 Å². The molecule has 3 aromatic rings. The van der Waals surface area contributed by atoms with Crippen molar-refractivity contribution in [1.82, 2.24) is 14.2 Å². The van der Waals surface area contributed by atoms with Crippen molar-refractivity contribution in [3.05, 3.63) is 90.1 Å². The van der Waals surface area contributed by atoms with Crippen molar-refractivity contribution in [3.63, 3.8) is 0 Å². The highest BCUT2D eigenvalue weighted by molar-refractivity contribution is 7.97. The fraction of sp³-hybridized carbons (Fsp3) is 0.370. The molecule has 1 aliphatic rings. The summed E-state index contributed by atoms with van der Waals surface area (Å²) < 4.78 is 7.88. The molecule has 1 saturated heterocycles. The lowest BCUT2D eigenvalue weighted by Crippen LogP contribution is -2.53. The van der Waals surface area contributed by atoms with Gasteiger partial charge in [0.1, 0.15) is 5.82 Å². The van der Waals surface area contributed by atoms with Crippen LogP contribution in [0.25, 0.3) is 0 Å². The molecule has 1 N–H and O–H groups in total. The van der Waals surface area contributed by atoms with Crippen molar-refractivity contribution < 1.29 is 4.74 Å². The summed E-state index contributed by atoms with van der Waals surface area (Å²) in [6, 6.07) is 25.5. The maximum absolute atomic E-state index is 5.50. The van der Waals surface area contributed by atoms with Crippen LogP contribution in [0.5, 0.6) is 0 Å². The number of rotatable bonds is 10. The van der Waals surface area contributed by atoms with Crippen molar-refractivity contribution in [2.75, 3.05) is 38.2 Å². The fourth-order valence-corrected chi connectivity index (χ4v) is 4.92. The molecule has 1 fully saturated rings. The Morgan fingerprint density at radius 1 is 0.909 bits per heavy atom. The molecule has 4 rings (SSSR count). The first-order valence-electron chi connectivity index (χ1n) is 11.6. The molecule has 174 valence electrons. The highest BCUT2D eigenvalue weighted by Gasteiger charge is 2.28. The van der Waals surface area contributed by atoms with Crippen LogP contribution in [0.15, 0.2) is 83.9 Å². The third kappa shape index (κ3) is 7.30. The predicted molar refractivity (Wildman–Crippen MR) is 137 cm³/mol. The quantitative estimate of drug-likeness (QED) is 0.412. The van der Waals surface area contributed by atoms with Crippen LogP contribution < -0.4 is 5.32 Å². The molecule has 2 heterocycles. The summed E-state index contributed by atoms with van der Waals surface area (Å²) in [7, 11) is 0. The van der Waals surface area contributed by atoms with Gasteiger partial charge in [0.25, 0.3) is 0 Å². The maximum Gasteiger partial charge on any atom is 0.126 e. The van der Waals surface area contributed by atoms with Gasteiger partial charge >= 0.3 is 0 Å². The lowest BCUT2D eigenvalue weighted by Gasteiger charge is -2.41. The Kier molecular flexibility index (Phi) is 8.40. The Balaban J connectivity index is 1.37. The van der Waals surface area contributed by atoms with E-state index in [0.717, 1.165) is 56.7 Å². The van der Waals surface area contributed by atoms with Gasteiger partial charge in [-0.15, -0.1) is 0 Å². The topological polar surface area (TPSA) is 40.6 Å². The van der Waals surface area contributed by atoms with Gasteiger partial charge in [0, 0.05) is 49.4 Å². The standard InChI is InChI=1S/C27H34N4OS/c1-27(2,30-15-17-32-18-16-30)22-29-26-14-13-25(19-28-26)33-31(20-23-9-5-3-6-10-23)21-24-11-7-4-8-12-24/h3-14,19H,15-18,20-22H2,1-2H3,(H,28,29). The molecule has 0 unspecified atom stereocenters. The van der Waals surface area contributed by atoms with E-state index >= 15 is 0 Å². The number of morpholine rings is 1. The fourth-order valence-electron chi connectivity index (χ4n) is 3.97. The molecular weight excluding hydrogens is 428 g/mol. The summed E-state index contributed by atoms with van der Waals surface area (Å²) in [5.41, 5.74) is 2.66. The van der Waals surface area contributed by atoms with Crippen molar-refractivity contribution in [2.24, 2.45) is 0 Å². The molecular formula is C27H34N4OS. The van der Waals surface area contributed by atoms with E-state index in [-0.39, 0.29) is 5.54 Å². The molecule has 1 aromatic heterocycles. The molecule has 5 nitrogen and oxygen atoms in total. The Labute approximate surface area is 202 Å². The van der Waals surface area contributed by atoms with Crippen LogP contribution in [0.2, 0.25) is 0 Å². The molecule has 2 aromatic carbocycles. The minimum atomic E-state index is 0.0566. The molecule has 0 spiro atoms. The van der Waals surface area contributed by atoms with Crippen molar-refractivity contribution >= 4 is 17.8 Å². The van der Waals surface area contributed by atoms with E-state index in [9.17, 15) is 0 Å². The predicted octanol–water partition coefficient (Wildman–Crippen LogP) is 5.31. The van der Waals surface area contributed by atoms with Crippen molar-refractivity contribution in [3.8, 4) is 0 Å². The van der Waals surface area contributed by atoms with Crippen LogP contribution >= 0.6 is 11.9 Å². The molecule has 1 aliphatic heterocycles. The average Bonchev–Trinajstić information content (AvgIpc) is 2.85. The smallest absolute Gasteiger partial charge is 0.126 e. The molecule has 6 heteroatoms. The number of benzene rings is 2. The molecule has 0 atom stereocenters. The van der Waals surface area contributed by atoms with E-state index in [0.29, 0.717) is 0 Å². The summed E-state index contributed by atoms with van der Waals surface area (Å²) >= 11 is 1.75. The minimum absolute atomic E-state index is 0.0566. The van der Waals surface area contributed by atoms with Crippen LogP contribution in [0.1, 0.15) is 25.0 Å². The van der Waals surface area contributed by atoms with E-state index in [1.807, 2.05) is 6.20 Å². The Morgan fingerprint density at radius 2 is 1.52 bits per heavy atom. The number of aromatic nitrogens is 1. The van der Waals surface area contributed by atoms with Gasteiger partial charge in [0.2, 0.25) is 0 Å². The molecule has 0 radical (unpaired) electrons. The third-order valence-corrected chi connectivity index (χ3v) is 6.91. The first-order valence-corrected chi connectivity index (χ1v) is 12.4. The molecule has 0 bridgehead atoms. The average molecular weight is 463 g/mol. The van der Waals surface area contributed by atoms with Crippen molar-refractivity contribution in [1.29, 1.82) is 0 Å². The van der Waals surface area contributed by atoms with Crippen LogP contribution in [-0.4, -0.2) is 52.6 Å². The second-order valence-electron chi connectivity index (χ2n) is 9.01. The zero-order valence-electron chi connectivity index (χ0n) is 19.6.